The SMILES string of the molecule is COc1ccc(N)cc1S(=O)[O-]. The van der Waals surface area contributed by atoms with E-state index in [0.29, 0.717) is 11.4 Å². The van der Waals surface area contributed by atoms with Crippen molar-refractivity contribution in [2.45, 2.75) is 4.90 Å². The van der Waals surface area contributed by atoms with Gasteiger partial charge in [0.1, 0.15) is 5.75 Å². The minimum absolute atomic E-state index is 0.0810. The van der Waals surface area contributed by atoms with E-state index >= 15 is 0 Å². The summed E-state index contributed by atoms with van der Waals surface area (Å²) in [4.78, 5) is 0.0810. The lowest BCUT2D eigenvalue weighted by molar-refractivity contribution is 0.401. The summed E-state index contributed by atoms with van der Waals surface area (Å²) in [5, 5.41) is 0. The van der Waals surface area contributed by atoms with Gasteiger partial charge in [-0.1, -0.05) is 0 Å². The fraction of sp³-hybridized carbons (Fsp3) is 0.143. The van der Waals surface area contributed by atoms with E-state index < -0.39 is 11.1 Å². The molecule has 1 rings (SSSR count). The van der Waals surface area contributed by atoms with E-state index in [1.165, 1.54) is 19.2 Å². The number of ether oxygens (including phenoxy) is 1. The van der Waals surface area contributed by atoms with Gasteiger partial charge in [-0.2, -0.15) is 0 Å². The Balaban J connectivity index is 3.21. The maximum absolute atomic E-state index is 10.6. The minimum Gasteiger partial charge on any atom is -0.768 e. The molecule has 0 amide bonds. The molecule has 1 atom stereocenters. The minimum atomic E-state index is -2.31. The Morgan fingerprint density at radius 3 is 2.75 bits per heavy atom. The molecule has 12 heavy (non-hydrogen) atoms. The van der Waals surface area contributed by atoms with E-state index in [9.17, 15) is 8.76 Å². The van der Waals surface area contributed by atoms with Gasteiger partial charge in [-0.15, -0.1) is 0 Å². The van der Waals surface area contributed by atoms with Crippen LogP contribution >= 0.6 is 0 Å². The Morgan fingerprint density at radius 1 is 1.58 bits per heavy atom. The molecule has 1 unspecified atom stereocenters. The van der Waals surface area contributed by atoms with Gasteiger partial charge in [0.25, 0.3) is 0 Å². The molecule has 5 heteroatoms. The van der Waals surface area contributed by atoms with Crippen molar-refractivity contribution in [3.63, 3.8) is 0 Å². The van der Waals surface area contributed by atoms with Crippen molar-refractivity contribution in [1.29, 1.82) is 0 Å². The molecular formula is C7H8NO3S-. The van der Waals surface area contributed by atoms with Crippen LogP contribution < -0.4 is 10.5 Å². The lowest BCUT2D eigenvalue weighted by Gasteiger charge is -2.10. The topological polar surface area (TPSA) is 75.4 Å². The van der Waals surface area contributed by atoms with Gasteiger partial charge in [-0.05, 0) is 29.3 Å². The molecular weight excluding hydrogens is 178 g/mol. The monoisotopic (exact) mass is 186 g/mol. The maximum atomic E-state index is 10.6. The Morgan fingerprint density at radius 2 is 2.25 bits per heavy atom. The van der Waals surface area contributed by atoms with Gasteiger partial charge in [0.15, 0.2) is 0 Å². The highest BCUT2D eigenvalue weighted by molar-refractivity contribution is 7.79. The van der Waals surface area contributed by atoms with Crippen molar-refractivity contribution in [3.05, 3.63) is 18.2 Å². The summed E-state index contributed by atoms with van der Waals surface area (Å²) in [6, 6.07) is 4.44. The Bertz CT molecular complexity index is 314. The maximum Gasteiger partial charge on any atom is 0.133 e. The first-order valence-electron chi connectivity index (χ1n) is 3.18. The predicted octanol–water partition coefficient (Wildman–Crippen LogP) is 0.515. The molecule has 2 N–H and O–H groups in total. The number of nitrogen functional groups attached to an aromatic ring is 1. The van der Waals surface area contributed by atoms with Crippen LogP contribution in [0.3, 0.4) is 0 Å². The van der Waals surface area contributed by atoms with Gasteiger partial charge < -0.3 is 15.0 Å². The first-order valence-corrected chi connectivity index (χ1v) is 4.25. The zero-order chi connectivity index (χ0) is 9.14. The summed E-state index contributed by atoms with van der Waals surface area (Å²) in [5.41, 5.74) is 5.79. The molecule has 66 valence electrons. The number of anilines is 1. The van der Waals surface area contributed by atoms with Gasteiger partial charge in [0.2, 0.25) is 0 Å². The highest BCUT2D eigenvalue weighted by Gasteiger charge is 2.02. The molecule has 0 saturated carbocycles. The van der Waals surface area contributed by atoms with Crippen LogP contribution in [0.25, 0.3) is 0 Å². The fourth-order valence-electron chi connectivity index (χ4n) is 0.824. The molecule has 0 aliphatic carbocycles. The number of benzene rings is 1. The number of hydrogen-bond donors (Lipinski definition) is 1. The Labute approximate surface area is 72.6 Å². The third-order valence-corrected chi connectivity index (χ3v) is 2.05. The smallest absolute Gasteiger partial charge is 0.133 e. The van der Waals surface area contributed by atoms with Crippen LogP contribution in [0.4, 0.5) is 5.69 Å². The molecule has 0 aromatic heterocycles. The quantitative estimate of drug-likeness (QED) is 0.539. The standard InChI is InChI=1S/C7H9NO3S/c1-11-6-3-2-5(8)4-7(6)12(9)10/h2-4H,8H2,1H3,(H,9,10)/p-1. The molecule has 0 bridgehead atoms. The third kappa shape index (κ3) is 1.75. The van der Waals surface area contributed by atoms with E-state index in [-0.39, 0.29) is 4.90 Å². The second-order valence-electron chi connectivity index (χ2n) is 2.15. The second kappa shape index (κ2) is 3.55. The van der Waals surface area contributed by atoms with Gasteiger partial charge in [0, 0.05) is 5.69 Å². The summed E-state index contributed by atoms with van der Waals surface area (Å²) >= 11 is -2.31. The summed E-state index contributed by atoms with van der Waals surface area (Å²) in [5.74, 6) is 0.303. The van der Waals surface area contributed by atoms with Crippen LogP contribution in [0.1, 0.15) is 0 Å². The molecule has 0 heterocycles. The number of methoxy groups -OCH3 is 1. The number of rotatable bonds is 2. The van der Waals surface area contributed by atoms with Crippen molar-refractivity contribution < 1.29 is 13.5 Å². The summed E-state index contributed by atoms with van der Waals surface area (Å²) < 4.78 is 26.0. The molecule has 0 fully saturated rings. The van der Waals surface area contributed by atoms with E-state index in [4.69, 9.17) is 10.5 Å². The summed E-state index contributed by atoms with van der Waals surface area (Å²) in [6.45, 7) is 0. The van der Waals surface area contributed by atoms with Gasteiger partial charge >= 0.3 is 0 Å². The molecule has 0 radical (unpaired) electrons. The first kappa shape index (κ1) is 9.02. The van der Waals surface area contributed by atoms with Gasteiger partial charge in [-0.25, -0.2) is 0 Å². The number of hydrogen-bond acceptors (Lipinski definition) is 4. The van der Waals surface area contributed by atoms with E-state index in [1.807, 2.05) is 0 Å². The average molecular weight is 186 g/mol. The number of nitrogens with two attached hydrogens (primary N) is 1. The fourth-order valence-corrected chi connectivity index (χ4v) is 1.37. The van der Waals surface area contributed by atoms with Crippen molar-refractivity contribution in [3.8, 4) is 5.75 Å². The summed E-state index contributed by atoms with van der Waals surface area (Å²) in [6.07, 6.45) is 0. The predicted molar refractivity (Wildman–Crippen MR) is 44.6 cm³/mol. The first-order chi connectivity index (χ1) is 5.65. The normalized spacial score (nSPS) is 12.5. The molecule has 0 spiro atoms. The van der Waals surface area contributed by atoms with Crippen molar-refractivity contribution in [1.82, 2.24) is 0 Å². The van der Waals surface area contributed by atoms with Gasteiger partial charge in [-0.3, -0.25) is 4.21 Å². The van der Waals surface area contributed by atoms with Crippen LogP contribution in [0.15, 0.2) is 23.1 Å². The van der Waals surface area contributed by atoms with Crippen LogP contribution in [-0.4, -0.2) is 15.9 Å². The Kier molecular flexibility index (Phi) is 2.67. The van der Waals surface area contributed by atoms with E-state index in [1.54, 1.807) is 6.07 Å². The van der Waals surface area contributed by atoms with Crippen LogP contribution in [0.2, 0.25) is 0 Å². The lowest BCUT2D eigenvalue weighted by atomic mass is 10.3. The van der Waals surface area contributed by atoms with Gasteiger partial charge in [0.05, 0.1) is 12.0 Å². The Hall–Kier alpha value is -1.07. The van der Waals surface area contributed by atoms with Crippen molar-refractivity contribution >= 4 is 16.8 Å². The zero-order valence-corrected chi connectivity index (χ0v) is 7.26. The van der Waals surface area contributed by atoms with Crippen molar-refractivity contribution in [2.75, 3.05) is 12.8 Å². The molecule has 1 aromatic rings. The van der Waals surface area contributed by atoms with E-state index in [0.717, 1.165) is 0 Å². The lowest BCUT2D eigenvalue weighted by Crippen LogP contribution is -1.96. The average Bonchev–Trinajstić information content (AvgIpc) is 2.04. The van der Waals surface area contributed by atoms with Crippen LogP contribution in [-0.2, 0) is 11.1 Å². The molecule has 0 saturated heterocycles. The highest BCUT2D eigenvalue weighted by atomic mass is 32.2. The molecule has 0 aliphatic heterocycles. The largest absolute Gasteiger partial charge is 0.768 e. The zero-order valence-electron chi connectivity index (χ0n) is 6.44. The highest BCUT2D eigenvalue weighted by Crippen LogP contribution is 2.23. The van der Waals surface area contributed by atoms with E-state index in [2.05, 4.69) is 0 Å². The molecule has 0 aliphatic rings. The molecule has 1 aromatic carbocycles. The summed E-state index contributed by atoms with van der Waals surface area (Å²) in [7, 11) is 1.40. The second-order valence-corrected chi connectivity index (χ2v) is 3.05. The third-order valence-electron chi connectivity index (χ3n) is 1.37. The molecule has 4 nitrogen and oxygen atoms in total. The van der Waals surface area contributed by atoms with Crippen molar-refractivity contribution in [2.24, 2.45) is 0 Å². The van der Waals surface area contributed by atoms with Crippen LogP contribution in [0.5, 0.6) is 5.75 Å². The van der Waals surface area contributed by atoms with Crippen LogP contribution in [0, 0.1) is 0 Å².